The molecule has 0 N–H and O–H groups in total. The number of hydrogen-bond donors (Lipinski definition) is 0. The molecular formula is C13H17BrFNO. The molecule has 0 aliphatic heterocycles. The Morgan fingerprint density at radius 2 is 2.12 bits per heavy atom. The van der Waals surface area contributed by atoms with Gasteiger partial charge in [0.2, 0.25) is 0 Å². The molecule has 0 atom stereocenters. The van der Waals surface area contributed by atoms with E-state index in [1.54, 1.807) is 24.0 Å². The van der Waals surface area contributed by atoms with Gasteiger partial charge in [-0.1, -0.05) is 22.9 Å². The lowest BCUT2D eigenvalue weighted by Crippen LogP contribution is -2.33. The van der Waals surface area contributed by atoms with Crippen LogP contribution in [0.15, 0.2) is 18.2 Å². The van der Waals surface area contributed by atoms with E-state index >= 15 is 0 Å². The van der Waals surface area contributed by atoms with Crippen molar-refractivity contribution in [1.29, 1.82) is 0 Å². The van der Waals surface area contributed by atoms with Crippen LogP contribution in [0, 0.1) is 12.7 Å². The van der Waals surface area contributed by atoms with Gasteiger partial charge in [0.05, 0.1) is 0 Å². The van der Waals surface area contributed by atoms with Gasteiger partial charge in [-0.15, -0.1) is 0 Å². The summed E-state index contributed by atoms with van der Waals surface area (Å²) in [6, 6.07) is 4.50. The van der Waals surface area contributed by atoms with Crippen LogP contribution in [0.25, 0.3) is 0 Å². The second-order valence-corrected chi connectivity index (χ2v) is 4.74. The largest absolute Gasteiger partial charge is 0.338 e. The zero-order valence-corrected chi connectivity index (χ0v) is 11.8. The number of carbonyl (C=O) groups is 1. The molecule has 0 radical (unpaired) electrons. The van der Waals surface area contributed by atoms with Crippen LogP contribution in [0.4, 0.5) is 4.39 Å². The quantitative estimate of drug-likeness (QED) is 0.764. The first-order chi connectivity index (χ1) is 8.10. The van der Waals surface area contributed by atoms with Gasteiger partial charge >= 0.3 is 0 Å². The molecule has 1 aromatic rings. The maximum atomic E-state index is 13.1. The van der Waals surface area contributed by atoms with Crippen molar-refractivity contribution in [3.8, 4) is 0 Å². The van der Waals surface area contributed by atoms with E-state index in [1.807, 2.05) is 6.92 Å². The molecule has 17 heavy (non-hydrogen) atoms. The molecule has 1 aromatic carbocycles. The Hall–Kier alpha value is -0.900. The third-order valence-corrected chi connectivity index (χ3v) is 2.89. The topological polar surface area (TPSA) is 20.3 Å². The molecule has 0 bridgehead atoms. The summed E-state index contributed by atoms with van der Waals surface area (Å²) < 4.78 is 13.1. The summed E-state index contributed by atoms with van der Waals surface area (Å²) in [5.74, 6) is -0.307. The first-order valence-electron chi connectivity index (χ1n) is 5.71. The molecule has 0 aliphatic carbocycles. The first kappa shape index (κ1) is 14.2. The van der Waals surface area contributed by atoms with Crippen LogP contribution in [0.5, 0.6) is 0 Å². The van der Waals surface area contributed by atoms with Crippen molar-refractivity contribution in [2.24, 2.45) is 0 Å². The molecule has 0 saturated carbocycles. The Morgan fingerprint density at radius 1 is 1.41 bits per heavy atom. The van der Waals surface area contributed by atoms with Crippen molar-refractivity contribution in [1.82, 2.24) is 4.90 Å². The van der Waals surface area contributed by atoms with Crippen LogP contribution in [0.2, 0.25) is 0 Å². The summed E-state index contributed by atoms with van der Waals surface area (Å²) in [6.07, 6.45) is 0.916. The number of nitrogens with zero attached hydrogens (tertiary/aromatic N) is 1. The van der Waals surface area contributed by atoms with Gasteiger partial charge in [-0.25, -0.2) is 4.39 Å². The van der Waals surface area contributed by atoms with Crippen LogP contribution >= 0.6 is 15.9 Å². The fraction of sp³-hybridized carbons (Fsp3) is 0.462. The zero-order chi connectivity index (χ0) is 12.8. The summed E-state index contributed by atoms with van der Waals surface area (Å²) in [4.78, 5) is 14.0. The van der Waals surface area contributed by atoms with E-state index in [2.05, 4.69) is 15.9 Å². The van der Waals surface area contributed by atoms with Gasteiger partial charge in [-0.3, -0.25) is 4.79 Å². The monoisotopic (exact) mass is 301 g/mol. The third-order valence-electron chi connectivity index (χ3n) is 2.54. The maximum Gasteiger partial charge on any atom is 0.253 e. The van der Waals surface area contributed by atoms with Gasteiger partial charge in [0.1, 0.15) is 5.82 Å². The van der Waals surface area contributed by atoms with Crippen molar-refractivity contribution < 1.29 is 9.18 Å². The normalized spacial score (nSPS) is 10.4. The molecule has 0 spiro atoms. The molecule has 0 fully saturated rings. The predicted molar refractivity (Wildman–Crippen MR) is 71.1 cm³/mol. The molecular weight excluding hydrogens is 285 g/mol. The summed E-state index contributed by atoms with van der Waals surface area (Å²) in [5, 5.41) is 0.749. The Kier molecular flexibility index (Phi) is 5.62. The van der Waals surface area contributed by atoms with E-state index < -0.39 is 0 Å². The van der Waals surface area contributed by atoms with Crippen LogP contribution < -0.4 is 0 Å². The summed E-state index contributed by atoms with van der Waals surface area (Å²) >= 11 is 3.33. The third kappa shape index (κ3) is 3.80. The van der Waals surface area contributed by atoms with Gasteiger partial charge < -0.3 is 4.90 Å². The Labute approximate surface area is 110 Å². The van der Waals surface area contributed by atoms with Crippen molar-refractivity contribution in [2.75, 3.05) is 18.4 Å². The van der Waals surface area contributed by atoms with Crippen LogP contribution in [0.1, 0.15) is 29.3 Å². The fourth-order valence-electron chi connectivity index (χ4n) is 1.65. The molecule has 0 heterocycles. The Bertz CT molecular complexity index is 389. The van der Waals surface area contributed by atoms with Gasteiger partial charge in [0.15, 0.2) is 0 Å². The molecule has 1 amide bonds. The van der Waals surface area contributed by atoms with Gasteiger partial charge in [0, 0.05) is 24.0 Å². The highest BCUT2D eigenvalue weighted by atomic mass is 79.9. The number of alkyl halides is 1. The molecule has 0 aliphatic rings. The summed E-state index contributed by atoms with van der Waals surface area (Å²) in [7, 11) is 0. The van der Waals surface area contributed by atoms with E-state index in [-0.39, 0.29) is 11.7 Å². The molecule has 2 nitrogen and oxygen atoms in total. The highest BCUT2D eigenvalue weighted by molar-refractivity contribution is 9.09. The van der Waals surface area contributed by atoms with Gasteiger partial charge in [-0.05, 0) is 37.1 Å². The van der Waals surface area contributed by atoms with Crippen molar-refractivity contribution in [3.63, 3.8) is 0 Å². The predicted octanol–water partition coefficient (Wildman–Crippen LogP) is 3.38. The Balaban J connectivity index is 2.88. The molecule has 0 aromatic heterocycles. The summed E-state index contributed by atoms with van der Waals surface area (Å²) in [6.45, 7) is 5.09. The molecule has 94 valence electrons. The first-order valence-corrected chi connectivity index (χ1v) is 6.83. The number of hydrogen-bond acceptors (Lipinski definition) is 1. The average Bonchev–Trinajstić information content (AvgIpc) is 2.31. The van der Waals surface area contributed by atoms with E-state index in [1.165, 1.54) is 6.07 Å². The number of carbonyl (C=O) groups excluding carboxylic acids is 1. The highest BCUT2D eigenvalue weighted by Gasteiger charge is 2.15. The smallest absolute Gasteiger partial charge is 0.253 e. The van der Waals surface area contributed by atoms with Crippen molar-refractivity contribution in [2.45, 2.75) is 20.3 Å². The van der Waals surface area contributed by atoms with E-state index in [0.29, 0.717) is 17.7 Å². The lowest BCUT2D eigenvalue weighted by molar-refractivity contribution is 0.0766. The summed E-state index contributed by atoms with van der Waals surface area (Å²) in [5.41, 5.74) is 1.06. The number of halogens is 2. The second-order valence-electron chi connectivity index (χ2n) is 3.95. The van der Waals surface area contributed by atoms with Crippen LogP contribution in [0.3, 0.4) is 0 Å². The minimum absolute atomic E-state index is 0.0330. The van der Waals surface area contributed by atoms with Crippen molar-refractivity contribution in [3.05, 3.63) is 35.1 Å². The van der Waals surface area contributed by atoms with Gasteiger partial charge in [0.25, 0.3) is 5.91 Å². The lowest BCUT2D eigenvalue weighted by Gasteiger charge is -2.21. The van der Waals surface area contributed by atoms with E-state index in [9.17, 15) is 9.18 Å². The molecule has 0 unspecified atom stereocenters. The standard InChI is InChI=1S/C13H17BrFNO/c1-3-7-16(8-6-14)13(17)11-4-5-12(15)10(2)9-11/h4-5,9H,3,6-8H2,1-2H3. The van der Waals surface area contributed by atoms with E-state index in [0.717, 1.165) is 18.3 Å². The lowest BCUT2D eigenvalue weighted by atomic mass is 10.1. The zero-order valence-electron chi connectivity index (χ0n) is 10.2. The van der Waals surface area contributed by atoms with Crippen LogP contribution in [-0.2, 0) is 0 Å². The minimum Gasteiger partial charge on any atom is -0.338 e. The van der Waals surface area contributed by atoms with Gasteiger partial charge in [-0.2, -0.15) is 0 Å². The molecule has 1 rings (SSSR count). The fourth-order valence-corrected chi connectivity index (χ4v) is 2.08. The van der Waals surface area contributed by atoms with Crippen LogP contribution in [-0.4, -0.2) is 29.2 Å². The number of aryl methyl sites for hydroxylation is 1. The highest BCUT2D eigenvalue weighted by Crippen LogP contribution is 2.12. The molecule has 4 heteroatoms. The average molecular weight is 302 g/mol. The number of benzene rings is 1. The molecule has 0 saturated heterocycles. The number of amides is 1. The van der Waals surface area contributed by atoms with E-state index in [4.69, 9.17) is 0 Å². The van der Waals surface area contributed by atoms with Crippen molar-refractivity contribution >= 4 is 21.8 Å². The minimum atomic E-state index is -0.274. The second kappa shape index (κ2) is 6.74. The number of rotatable bonds is 5. The maximum absolute atomic E-state index is 13.1. The SMILES string of the molecule is CCCN(CCBr)C(=O)c1ccc(F)c(C)c1. The Morgan fingerprint density at radius 3 is 2.65 bits per heavy atom.